The molecular formula is C13H17Cl2NO. The van der Waals surface area contributed by atoms with Gasteiger partial charge < -0.3 is 10.4 Å². The van der Waals surface area contributed by atoms with Gasteiger partial charge in [0.05, 0.1) is 10.0 Å². The third-order valence-electron chi connectivity index (χ3n) is 3.32. The second-order valence-corrected chi connectivity index (χ2v) is 5.72. The fourth-order valence-electron chi connectivity index (χ4n) is 2.45. The van der Waals surface area contributed by atoms with Gasteiger partial charge in [-0.3, -0.25) is 0 Å². The van der Waals surface area contributed by atoms with E-state index < -0.39 is 0 Å². The van der Waals surface area contributed by atoms with E-state index in [0.717, 1.165) is 11.6 Å². The summed E-state index contributed by atoms with van der Waals surface area (Å²) in [6, 6.07) is 3.93. The van der Waals surface area contributed by atoms with Crippen LogP contribution in [0.5, 0.6) is 5.75 Å². The molecule has 1 aliphatic carbocycles. The van der Waals surface area contributed by atoms with Crippen LogP contribution in [0.15, 0.2) is 12.1 Å². The summed E-state index contributed by atoms with van der Waals surface area (Å²) in [5, 5.41) is 13.5. The van der Waals surface area contributed by atoms with Crippen LogP contribution in [-0.4, -0.2) is 11.1 Å². The molecule has 1 saturated carbocycles. The average molecular weight is 274 g/mol. The number of benzene rings is 1. The molecule has 1 aromatic rings. The van der Waals surface area contributed by atoms with E-state index in [2.05, 4.69) is 12.2 Å². The van der Waals surface area contributed by atoms with E-state index in [0.29, 0.717) is 16.1 Å². The highest BCUT2D eigenvalue weighted by molar-refractivity contribution is 6.37. The van der Waals surface area contributed by atoms with Crippen LogP contribution in [0, 0.1) is 5.92 Å². The molecule has 4 heteroatoms. The largest absolute Gasteiger partial charge is 0.505 e. The summed E-state index contributed by atoms with van der Waals surface area (Å²) in [5.41, 5.74) is 0.886. The predicted octanol–water partition coefficient (Wildman–Crippen LogP) is 4.69. The van der Waals surface area contributed by atoms with Crippen molar-refractivity contribution in [2.45, 2.75) is 38.6 Å². The maximum Gasteiger partial charge on any atom is 0.152 e. The molecule has 0 spiro atoms. The highest BCUT2D eigenvalue weighted by Crippen LogP contribution is 2.35. The molecule has 1 aliphatic rings. The first-order valence-corrected chi connectivity index (χ1v) is 6.76. The van der Waals surface area contributed by atoms with Crippen LogP contribution in [0.3, 0.4) is 0 Å². The van der Waals surface area contributed by atoms with E-state index >= 15 is 0 Å². The Hall–Kier alpha value is -0.600. The molecule has 1 fully saturated rings. The normalized spacial score (nSPS) is 24.6. The van der Waals surface area contributed by atoms with Crippen LogP contribution in [0.4, 0.5) is 5.69 Å². The van der Waals surface area contributed by atoms with Gasteiger partial charge in [-0.25, -0.2) is 0 Å². The molecule has 0 bridgehead atoms. The summed E-state index contributed by atoms with van der Waals surface area (Å²) in [7, 11) is 0. The molecule has 94 valence electrons. The summed E-state index contributed by atoms with van der Waals surface area (Å²) >= 11 is 11.8. The van der Waals surface area contributed by atoms with E-state index in [9.17, 15) is 5.11 Å². The number of rotatable bonds is 2. The molecule has 0 amide bonds. The van der Waals surface area contributed by atoms with Crippen molar-refractivity contribution in [3.63, 3.8) is 0 Å². The zero-order valence-corrected chi connectivity index (χ0v) is 11.4. The molecule has 2 atom stereocenters. The topological polar surface area (TPSA) is 32.3 Å². The summed E-state index contributed by atoms with van der Waals surface area (Å²) in [5.74, 6) is 0.722. The lowest BCUT2D eigenvalue weighted by atomic mass is 9.87. The summed E-state index contributed by atoms with van der Waals surface area (Å²) in [6.45, 7) is 2.28. The Morgan fingerprint density at radius 3 is 2.47 bits per heavy atom. The molecular weight excluding hydrogens is 257 g/mol. The quantitative estimate of drug-likeness (QED) is 0.767. The number of phenols is 1. The van der Waals surface area contributed by atoms with Gasteiger partial charge in [0.1, 0.15) is 0 Å². The van der Waals surface area contributed by atoms with Crippen molar-refractivity contribution in [2.75, 3.05) is 5.32 Å². The molecule has 0 saturated heterocycles. The SMILES string of the molecule is CC1CCCC(Nc2cc(Cl)c(O)c(Cl)c2)C1. The Labute approximate surface area is 112 Å². The van der Waals surface area contributed by atoms with Gasteiger partial charge >= 0.3 is 0 Å². The zero-order valence-electron chi connectivity index (χ0n) is 9.84. The lowest BCUT2D eigenvalue weighted by molar-refractivity contribution is 0.358. The summed E-state index contributed by atoms with van der Waals surface area (Å²) in [6.07, 6.45) is 4.93. The van der Waals surface area contributed by atoms with Gasteiger partial charge in [0.25, 0.3) is 0 Å². The van der Waals surface area contributed by atoms with E-state index in [-0.39, 0.29) is 5.75 Å². The highest BCUT2D eigenvalue weighted by Gasteiger charge is 2.19. The van der Waals surface area contributed by atoms with Crippen LogP contribution < -0.4 is 5.32 Å². The van der Waals surface area contributed by atoms with Crippen LogP contribution in [-0.2, 0) is 0 Å². The Kier molecular flexibility index (Phi) is 4.05. The Bertz CT molecular complexity index is 385. The molecule has 2 nitrogen and oxygen atoms in total. The number of hydrogen-bond acceptors (Lipinski definition) is 2. The second kappa shape index (κ2) is 5.36. The van der Waals surface area contributed by atoms with Crippen molar-refractivity contribution in [3.8, 4) is 5.75 Å². The lowest BCUT2D eigenvalue weighted by Crippen LogP contribution is -2.26. The monoisotopic (exact) mass is 273 g/mol. The van der Waals surface area contributed by atoms with E-state index in [1.807, 2.05) is 0 Å². The van der Waals surface area contributed by atoms with Crippen molar-refractivity contribution in [2.24, 2.45) is 5.92 Å². The van der Waals surface area contributed by atoms with Gasteiger partial charge in [-0.15, -0.1) is 0 Å². The molecule has 2 rings (SSSR count). The van der Waals surface area contributed by atoms with Gasteiger partial charge in [0, 0.05) is 11.7 Å². The number of phenolic OH excluding ortho intramolecular Hbond substituents is 1. The molecule has 0 aliphatic heterocycles. The van der Waals surface area contributed by atoms with E-state index in [1.54, 1.807) is 12.1 Å². The van der Waals surface area contributed by atoms with Gasteiger partial charge in [-0.2, -0.15) is 0 Å². The van der Waals surface area contributed by atoms with Gasteiger partial charge in [-0.1, -0.05) is 43.0 Å². The fraction of sp³-hybridized carbons (Fsp3) is 0.538. The van der Waals surface area contributed by atoms with Crippen LogP contribution in [0.2, 0.25) is 10.0 Å². The Morgan fingerprint density at radius 1 is 1.24 bits per heavy atom. The third kappa shape index (κ3) is 3.20. The summed E-state index contributed by atoms with van der Waals surface area (Å²) in [4.78, 5) is 0. The molecule has 2 unspecified atom stereocenters. The maximum absolute atomic E-state index is 9.49. The van der Waals surface area contributed by atoms with Crippen molar-refractivity contribution in [3.05, 3.63) is 22.2 Å². The molecule has 0 aromatic heterocycles. The lowest BCUT2D eigenvalue weighted by Gasteiger charge is -2.28. The Morgan fingerprint density at radius 2 is 1.88 bits per heavy atom. The van der Waals surface area contributed by atoms with E-state index in [4.69, 9.17) is 23.2 Å². The second-order valence-electron chi connectivity index (χ2n) is 4.90. The maximum atomic E-state index is 9.49. The first-order valence-electron chi connectivity index (χ1n) is 6.01. The Balaban J connectivity index is 2.08. The zero-order chi connectivity index (χ0) is 12.4. The van der Waals surface area contributed by atoms with Gasteiger partial charge in [-0.05, 0) is 30.9 Å². The van der Waals surface area contributed by atoms with Crippen molar-refractivity contribution < 1.29 is 5.11 Å². The number of aromatic hydroxyl groups is 1. The number of halogens is 2. The molecule has 0 heterocycles. The standard InChI is InChI=1S/C13H17Cl2NO/c1-8-3-2-4-9(5-8)16-10-6-11(14)13(17)12(15)7-10/h6-9,16-17H,2-5H2,1H3. The van der Waals surface area contributed by atoms with Crippen molar-refractivity contribution >= 4 is 28.9 Å². The minimum Gasteiger partial charge on any atom is -0.505 e. The molecule has 0 radical (unpaired) electrons. The number of anilines is 1. The van der Waals surface area contributed by atoms with Crippen LogP contribution in [0.1, 0.15) is 32.6 Å². The average Bonchev–Trinajstić information content (AvgIpc) is 2.26. The van der Waals surface area contributed by atoms with Crippen molar-refractivity contribution in [1.82, 2.24) is 0 Å². The van der Waals surface area contributed by atoms with Gasteiger partial charge in [0.15, 0.2) is 5.75 Å². The molecule has 17 heavy (non-hydrogen) atoms. The molecule has 2 N–H and O–H groups in total. The van der Waals surface area contributed by atoms with Crippen LogP contribution in [0.25, 0.3) is 0 Å². The number of nitrogens with one attached hydrogen (secondary N) is 1. The van der Waals surface area contributed by atoms with E-state index in [1.165, 1.54) is 25.7 Å². The first kappa shape index (κ1) is 12.8. The fourth-order valence-corrected chi connectivity index (χ4v) is 2.94. The van der Waals surface area contributed by atoms with Crippen molar-refractivity contribution in [1.29, 1.82) is 0 Å². The third-order valence-corrected chi connectivity index (χ3v) is 3.90. The minimum atomic E-state index is -0.0455. The highest BCUT2D eigenvalue weighted by atomic mass is 35.5. The predicted molar refractivity (Wildman–Crippen MR) is 73.2 cm³/mol. The summed E-state index contributed by atoms with van der Waals surface area (Å²) < 4.78 is 0. The smallest absolute Gasteiger partial charge is 0.152 e. The van der Waals surface area contributed by atoms with Gasteiger partial charge in [0.2, 0.25) is 0 Å². The first-order chi connectivity index (χ1) is 8.06. The van der Waals surface area contributed by atoms with Crippen LogP contribution >= 0.6 is 23.2 Å². The molecule has 1 aromatic carbocycles. The minimum absolute atomic E-state index is 0.0455. The number of hydrogen-bond donors (Lipinski definition) is 2.